The average Bonchev–Trinajstić information content (AvgIpc) is 3.05. The number of benzene rings is 1. The molecule has 1 aromatic heterocycles. The van der Waals surface area contributed by atoms with E-state index in [1.807, 2.05) is 6.07 Å². The van der Waals surface area contributed by atoms with E-state index in [-0.39, 0.29) is 5.91 Å². The summed E-state index contributed by atoms with van der Waals surface area (Å²) in [6.07, 6.45) is 2.39. The van der Waals surface area contributed by atoms with Gasteiger partial charge in [0.25, 0.3) is 5.91 Å². The van der Waals surface area contributed by atoms with Crippen LogP contribution in [0.2, 0.25) is 0 Å². The standard InChI is InChI=1S/C14H12BrNO3/c15-11-6-9-3-5-19-13(9)10(7-11)8-16-14(17)12-2-1-4-18-12/h1-2,4,6-7H,3,5,8H2,(H,16,17). The van der Waals surface area contributed by atoms with Gasteiger partial charge >= 0.3 is 0 Å². The van der Waals surface area contributed by atoms with E-state index in [0.717, 1.165) is 22.2 Å². The Hall–Kier alpha value is -1.75. The Kier molecular flexibility index (Phi) is 3.29. The number of amides is 1. The summed E-state index contributed by atoms with van der Waals surface area (Å²) >= 11 is 3.47. The van der Waals surface area contributed by atoms with E-state index in [2.05, 4.69) is 27.3 Å². The van der Waals surface area contributed by atoms with Crippen LogP contribution < -0.4 is 10.1 Å². The number of rotatable bonds is 3. The number of carbonyl (C=O) groups is 1. The number of fused-ring (bicyclic) bond motifs is 1. The highest BCUT2D eigenvalue weighted by molar-refractivity contribution is 9.10. The fourth-order valence-electron chi connectivity index (χ4n) is 2.15. The fraction of sp³-hybridized carbons (Fsp3) is 0.214. The maximum absolute atomic E-state index is 11.8. The molecule has 0 saturated carbocycles. The van der Waals surface area contributed by atoms with Gasteiger partial charge < -0.3 is 14.5 Å². The Bertz CT molecular complexity index is 607. The molecule has 0 fully saturated rings. The number of furan rings is 1. The molecule has 1 aliphatic rings. The van der Waals surface area contributed by atoms with Crippen LogP contribution in [0.4, 0.5) is 0 Å². The summed E-state index contributed by atoms with van der Waals surface area (Å²) in [6, 6.07) is 7.35. The lowest BCUT2D eigenvalue weighted by atomic mass is 10.1. The zero-order valence-electron chi connectivity index (χ0n) is 10.1. The van der Waals surface area contributed by atoms with E-state index in [9.17, 15) is 4.79 Å². The van der Waals surface area contributed by atoms with Crippen molar-refractivity contribution in [1.29, 1.82) is 0 Å². The Morgan fingerprint density at radius 2 is 2.32 bits per heavy atom. The molecule has 0 aliphatic carbocycles. The molecule has 0 saturated heterocycles. The average molecular weight is 322 g/mol. The zero-order chi connectivity index (χ0) is 13.2. The van der Waals surface area contributed by atoms with E-state index in [4.69, 9.17) is 9.15 Å². The topological polar surface area (TPSA) is 51.5 Å². The SMILES string of the molecule is O=C(NCc1cc(Br)cc2c1OCC2)c1ccco1. The lowest BCUT2D eigenvalue weighted by Gasteiger charge is -2.09. The molecular weight excluding hydrogens is 310 g/mol. The van der Waals surface area contributed by atoms with Gasteiger partial charge in [-0.25, -0.2) is 0 Å². The molecule has 3 rings (SSSR count). The van der Waals surface area contributed by atoms with Gasteiger partial charge in [-0.05, 0) is 29.8 Å². The van der Waals surface area contributed by atoms with Crippen molar-refractivity contribution in [2.75, 3.05) is 6.61 Å². The number of ether oxygens (including phenoxy) is 1. The number of halogens is 1. The van der Waals surface area contributed by atoms with Crippen LogP contribution in [0, 0.1) is 0 Å². The molecule has 2 aromatic rings. The van der Waals surface area contributed by atoms with E-state index in [1.165, 1.54) is 11.8 Å². The number of hydrogen-bond donors (Lipinski definition) is 1. The highest BCUT2D eigenvalue weighted by Gasteiger charge is 2.18. The fourth-order valence-corrected chi connectivity index (χ4v) is 2.70. The predicted octanol–water partition coefficient (Wildman–Crippen LogP) is 2.91. The quantitative estimate of drug-likeness (QED) is 0.945. The molecule has 1 aromatic carbocycles. The number of carbonyl (C=O) groups excluding carboxylic acids is 1. The second kappa shape index (κ2) is 5.09. The molecule has 4 nitrogen and oxygen atoms in total. The predicted molar refractivity (Wildman–Crippen MR) is 73.2 cm³/mol. The van der Waals surface area contributed by atoms with Crippen molar-refractivity contribution in [1.82, 2.24) is 5.32 Å². The molecule has 98 valence electrons. The number of nitrogens with one attached hydrogen (secondary N) is 1. The van der Waals surface area contributed by atoms with Crippen molar-refractivity contribution in [3.05, 3.63) is 51.9 Å². The van der Waals surface area contributed by atoms with Crippen LogP contribution in [0.15, 0.2) is 39.4 Å². The van der Waals surface area contributed by atoms with Crippen LogP contribution >= 0.6 is 15.9 Å². The summed E-state index contributed by atoms with van der Waals surface area (Å²) in [5.74, 6) is 0.979. The van der Waals surface area contributed by atoms with Gasteiger partial charge in [0.1, 0.15) is 5.75 Å². The van der Waals surface area contributed by atoms with E-state index in [1.54, 1.807) is 12.1 Å². The third-order valence-corrected chi connectivity index (χ3v) is 3.47. The third-order valence-electron chi connectivity index (χ3n) is 3.01. The van der Waals surface area contributed by atoms with E-state index < -0.39 is 0 Å². The second-order valence-corrected chi connectivity index (χ2v) is 5.23. The van der Waals surface area contributed by atoms with Crippen molar-refractivity contribution < 1.29 is 13.9 Å². The van der Waals surface area contributed by atoms with Crippen LogP contribution in [0.5, 0.6) is 5.75 Å². The van der Waals surface area contributed by atoms with Gasteiger partial charge in [0, 0.05) is 23.0 Å². The molecule has 0 atom stereocenters. The molecule has 0 radical (unpaired) electrons. The summed E-state index contributed by atoms with van der Waals surface area (Å²) in [5, 5.41) is 2.82. The largest absolute Gasteiger partial charge is 0.493 e. The van der Waals surface area contributed by atoms with E-state index >= 15 is 0 Å². The molecule has 2 heterocycles. The van der Waals surface area contributed by atoms with E-state index in [0.29, 0.717) is 18.9 Å². The van der Waals surface area contributed by atoms with Gasteiger partial charge in [-0.15, -0.1) is 0 Å². The van der Waals surface area contributed by atoms with Gasteiger partial charge in [-0.2, -0.15) is 0 Å². The lowest BCUT2D eigenvalue weighted by Crippen LogP contribution is -2.22. The van der Waals surface area contributed by atoms with Crippen molar-refractivity contribution in [2.45, 2.75) is 13.0 Å². The number of hydrogen-bond acceptors (Lipinski definition) is 3. The highest BCUT2D eigenvalue weighted by Crippen LogP contribution is 2.32. The van der Waals surface area contributed by atoms with Crippen LogP contribution in [-0.4, -0.2) is 12.5 Å². The van der Waals surface area contributed by atoms with Gasteiger partial charge in [0.05, 0.1) is 12.9 Å². The second-order valence-electron chi connectivity index (χ2n) is 4.31. The highest BCUT2D eigenvalue weighted by atomic mass is 79.9. The van der Waals surface area contributed by atoms with Crippen molar-refractivity contribution in [3.63, 3.8) is 0 Å². The van der Waals surface area contributed by atoms with Gasteiger partial charge in [0.15, 0.2) is 5.76 Å². The molecule has 0 unspecified atom stereocenters. The van der Waals surface area contributed by atoms with Crippen LogP contribution in [0.3, 0.4) is 0 Å². The molecule has 0 spiro atoms. The summed E-state index contributed by atoms with van der Waals surface area (Å²) < 4.78 is 11.7. The van der Waals surface area contributed by atoms with Gasteiger partial charge in [-0.1, -0.05) is 15.9 Å². The summed E-state index contributed by atoms with van der Waals surface area (Å²) in [7, 11) is 0. The molecule has 0 bridgehead atoms. The minimum atomic E-state index is -0.225. The molecule has 1 aliphatic heterocycles. The van der Waals surface area contributed by atoms with Crippen LogP contribution in [0.1, 0.15) is 21.7 Å². The summed E-state index contributed by atoms with van der Waals surface area (Å²) in [4.78, 5) is 11.8. The molecule has 5 heteroatoms. The summed E-state index contributed by atoms with van der Waals surface area (Å²) in [6.45, 7) is 1.12. The molecule has 19 heavy (non-hydrogen) atoms. The Morgan fingerprint density at radius 3 is 3.11 bits per heavy atom. The van der Waals surface area contributed by atoms with Gasteiger partial charge in [0.2, 0.25) is 0 Å². The van der Waals surface area contributed by atoms with Crippen LogP contribution in [-0.2, 0) is 13.0 Å². The lowest BCUT2D eigenvalue weighted by molar-refractivity contribution is 0.0923. The monoisotopic (exact) mass is 321 g/mol. The summed E-state index contributed by atoms with van der Waals surface area (Å²) in [5.41, 5.74) is 2.15. The normalized spacial score (nSPS) is 12.9. The van der Waals surface area contributed by atoms with Gasteiger partial charge in [-0.3, -0.25) is 4.79 Å². The maximum Gasteiger partial charge on any atom is 0.287 e. The molecule has 1 N–H and O–H groups in total. The third kappa shape index (κ3) is 2.51. The van der Waals surface area contributed by atoms with Crippen molar-refractivity contribution >= 4 is 21.8 Å². The minimum Gasteiger partial charge on any atom is -0.493 e. The van der Waals surface area contributed by atoms with Crippen molar-refractivity contribution in [3.8, 4) is 5.75 Å². The minimum absolute atomic E-state index is 0.225. The van der Waals surface area contributed by atoms with Crippen LogP contribution in [0.25, 0.3) is 0 Å². The maximum atomic E-state index is 11.8. The first-order valence-corrected chi connectivity index (χ1v) is 6.79. The first kappa shape index (κ1) is 12.3. The molecular formula is C14H12BrNO3. The smallest absolute Gasteiger partial charge is 0.287 e. The Morgan fingerprint density at radius 1 is 1.42 bits per heavy atom. The zero-order valence-corrected chi connectivity index (χ0v) is 11.7. The Labute approximate surface area is 118 Å². The first-order chi connectivity index (χ1) is 9.24. The first-order valence-electron chi connectivity index (χ1n) is 6.00. The van der Waals surface area contributed by atoms with Crippen molar-refractivity contribution in [2.24, 2.45) is 0 Å². The Balaban J connectivity index is 1.76. The molecule has 1 amide bonds.